The Morgan fingerprint density at radius 3 is 2.47 bits per heavy atom. The van der Waals surface area contributed by atoms with Gasteiger partial charge in [-0.05, 0) is 24.8 Å². The van der Waals surface area contributed by atoms with Crippen molar-refractivity contribution in [2.75, 3.05) is 19.8 Å². The van der Waals surface area contributed by atoms with E-state index >= 15 is 0 Å². The lowest BCUT2D eigenvalue weighted by molar-refractivity contribution is -0.255. The topological polar surface area (TPSA) is 70.8 Å². The van der Waals surface area contributed by atoms with Crippen molar-refractivity contribution in [3.63, 3.8) is 0 Å². The fourth-order valence-corrected chi connectivity index (χ4v) is 2.35. The van der Waals surface area contributed by atoms with E-state index in [2.05, 4.69) is 20.8 Å². The molecule has 0 aromatic carbocycles. The van der Waals surface area contributed by atoms with Crippen LogP contribution in [0.5, 0.6) is 0 Å². The Kier molecular flexibility index (Phi) is 6.75. The molecular formula is C14H27NO4. The predicted molar refractivity (Wildman–Crippen MR) is 72.4 cm³/mol. The van der Waals surface area contributed by atoms with E-state index in [4.69, 9.17) is 19.9 Å². The molecule has 112 valence electrons. The van der Waals surface area contributed by atoms with Gasteiger partial charge < -0.3 is 19.9 Å². The van der Waals surface area contributed by atoms with E-state index in [0.717, 1.165) is 6.42 Å². The van der Waals surface area contributed by atoms with E-state index in [-0.39, 0.29) is 18.4 Å². The van der Waals surface area contributed by atoms with Crippen LogP contribution in [0.2, 0.25) is 0 Å². The van der Waals surface area contributed by atoms with Gasteiger partial charge in [0.25, 0.3) is 0 Å². The number of nitrogens with two attached hydrogens (primary N) is 1. The summed E-state index contributed by atoms with van der Waals surface area (Å²) in [6.07, 6.45) is 0.488. The maximum Gasteiger partial charge on any atom is 0.302 e. The number of carbonyl (C=O) groups excluding carboxylic acids is 1. The minimum atomic E-state index is -0.275. The second-order valence-electron chi connectivity index (χ2n) is 5.44. The smallest absolute Gasteiger partial charge is 0.302 e. The third-order valence-electron chi connectivity index (χ3n) is 4.06. The average Bonchev–Trinajstić information content (AvgIpc) is 2.37. The van der Waals surface area contributed by atoms with E-state index in [1.165, 1.54) is 6.92 Å². The molecule has 5 atom stereocenters. The summed E-state index contributed by atoms with van der Waals surface area (Å²) in [5, 5.41) is 0. The lowest BCUT2D eigenvalue weighted by Gasteiger charge is -2.43. The molecule has 0 saturated carbocycles. The molecule has 1 rings (SSSR count). The molecule has 1 aliphatic heterocycles. The summed E-state index contributed by atoms with van der Waals surface area (Å²) in [6.45, 7) is 9.38. The standard InChI is InChI=1S/C14H27NO4/c1-9-10(2)13(8-18-12(4)16)19-14(11(9)3)17-7-5-6-15/h9-11,13-14H,5-8,15H2,1-4H3/t9-,10+,11-,13?,14?/m0/s1. The molecule has 0 radical (unpaired) electrons. The minimum absolute atomic E-state index is 0.0991. The zero-order chi connectivity index (χ0) is 14.4. The molecule has 0 spiro atoms. The van der Waals surface area contributed by atoms with Crippen LogP contribution in [0.1, 0.15) is 34.1 Å². The third kappa shape index (κ3) is 4.75. The molecule has 1 saturated heterocycles. The normalized spacial score (nSPS) is 35.1. The fraction of sp³-hybridized carbons (Fsp3) is 0.929. The van der Waals surface area contributed by atoms with E-state index in [0.29, 0.717) is 37.5 Å². The number of rotatable bonds is 6. The lowest BCUT2D eigenvalue weighted by atomic mass is 9.79. The van der Waals surface area contributed by atoms with E-state index in [9.17, 15) is 4.79 Å². The minimum Gasteiger partial charge on any atom is -0.463 e. The zero-order valence-corrected chi connectivity index (χ0v) is 12.4. The van der Waals surface area contributed by atoms with Gasteiger partial charge >= 0.3 is 5.97 Å². The van der Waals surface area contributed by atoms with Crippen molar-refractivity contribution < 1.29 is 19.0 Å². The van der Waals surface area contributed by atoms with Gasteiger partial charge in [0.15, 0.2) is 6.29 Å². The van der Waals surface area contributed by atoms with Crippen LogP contribution in [-0.4, -0.2) is 38.1 Å². The van der Waals surface area contributed by atoms with Crippen LogP contribution in [0.3, 0.4) is 0 Å². The summed E-state index contributed by atoms with van der Waals surface area (Å²) in [5.41, 5.74) is 5.46. The van der Waals surface area contributed by atoms with Gasteiger partial charge in [-0.1, -0.05) is 20.8 Å². The molecule has 0 amide bonds. The van der Waals surface area contributed by atoms with Gasteiger partial charge in [-0.25, -0.2) is 0 Å². The van der Waals surface area contributed by atoms with Crippen LogP contribution < -0.4 is 5.73 Å². The van der Waals surface area contributed by atoms with Gasteiger partial charge in [-0.15, -0.1) is 0 Å². The van der Waals surface area contributed by atoms with Crippen molar-refractivity contribution in [2.45, 2.75) is 46.5 Å². The molecule has 0 aromatic heterocycles. The van der Waals surface area contributed by atoms with Gasteiger partial charge in [0.1, 0.15) is 6.61 Å². The van der Waals surface area contributed by atoms with Crippen LogP contribution in [0.4, 0.5) is 0 Å². The Labute approximate surface area is 115 Å². The quantitative estimate of drug-likeness (QED) is 0.587. The van der Waals surface area contributed by atoms with Crippen LogP contribution in [0.25, 0.3) is 0 Å². The van der Waals surface area contributed by atoms with Gasteiger partial charge in [-0.3, -0.25) is 4.79 Å². The molecule has 19 heavy (non-hydrogen) atoms. The van der Waals surface area contributed by atoms with E-state index < -0.39 is 0 Å². The molecule has 1 heterocycles. The summed E-state index contributed by atoms with van der Waals surface area (Å²) in [7, 11) is 0. The largest absolute Gasteiger partial charge is 0.463 e. The fourth-order valence-electron chi connectivity index (χ4n) is 2.35. The summed E-state index contributed by atoms with van der Waals surface area (Å²) in [6, 6.07) is 0. The van der Waals surface area contributed by atoms with Crippen molar-refractivity contribution in [1.29, 1.82) is 0 Å². The Morgan fingerprint density at radius 1 is 1.21 bits per heavy atom. The van der Waals surface area contributed by atoms with Gasteiger partial charge in [0.2, 0.25) is 0 Å². The highest BCUT2D eigenvalue weighted by molar-refractivity contribution is 5.65. The highest BCUT2D eigenvalue weighted by atomic mass is 16.7. The zero-order valence-electron chi connectivity index (χ0n) is 12.4. The van der Waals surface area contributed by atoms with Gasteiger partial charge in [-0.2, -0.15) is 0 Å². The highest BCUT2D eigenvalue weighted by Crippen LogP contribution is 2.35. The molecule has 1 aliphatic rings. The first kappa shape index (κ1) is 16.4. The van der Waals surface area contributed by atoms with E-state index in [1.807, 2.05) is 0 Å². The van der Waals surface area contributed by atoms with Crippen molar-refractivity contribution >= 4 is 5.97 Å². The first-order valence-corrected chi connectivity index (χ1v) is 7.07. The molecule has 2 unspecified atom stereocenters. The Hall–Kier alpha value is -0.650. The van der Waals surface area contributed by atoms with Crippen molar-refractivity contribution in [3.8, 4) is 0 Å². The molecule has 1 fully saturated rings. The Bertz CT molecular complexity index is 285. The Morgan fingerprint density at radius 2 is 1.89 bits per heavy atom. The van der Waals surface area contributed by atoms with Gasteiger partial charge in [0, 0.05) is 12.8 Å². The highest BCUT2D eigenvalue weighted by Gasteiger charge is 2.39. The summed E-state index contributed by atoms with van der Waals surface area (Å²) in [5.74, 6) is 0.838. The van der Waals surface area contributed by atoms with E-state index in [1.54, 1.807) is 0 Å². The molecule has 5 nitrogen and oxygen atoms in total. The van der Waals surface area contributed by atoms with Crippen LogP contribution in [0, 0.1) is 17.8 Å². The second-order valence-corrected chi connectivity index (χ2v) is 5.44. The second kappa shape index (κ2) is 7.82. The molecule has 0 bridgehead atoms. The monoisotopic (exact) mass is 273 g/mol. The van der Waals surface area contributed by atoms with Crippen LogP contribution in [-0.2, 0) is 19.0 Å². The average molecular weight is 273 g/mol. The number of ether oxygens (including phenoxy) is 3. The molecular weight excluding hydrogens is 246 g/mol. The maximum absolute atomic E-state index is 10.9. The number of esters is 1. The summed E-state index contributed by atoms with van der Waals surface area (Å²) >= 11 is 0. The van der Waals surface area contributed by atoms with Crippen molar-refractivity contribution in [2.24, 2.45) is 23.5 Å². The third-order valence-corrected chi connectivity index (χ3v) is 4.06. The summed E-state index contributed by atoms with van der Waals surface area (Å²) < 4.78 is 16.8. The number of carbonyl (C=O) groups is 1. The van der Waals surface area contributed by atoms with Gasteiger partial charge in [0.05, 0.1) is 12.7 Å². The molecule has 0 aromatic rings. The van der Waals surface area contributed by atoms with Crippen molar-refractivity contribution in [3.05, 3.63) is 0 Å². The SMILES string of the molecule is CC(=O)OCC1OC(OCCCN)[C@@H](C)[C@@H](C)[C@H]1C. The van der Waals surface area contributed by atoms with Crippen LogP contribution >= 0.6 is 0 Å². The van der Waals surface area contributed by atoms with Crippen LogP contribution in [0.15, 0.2) is 0 Å². The Balaban J connectivity index is 2.54. The molecule has 5 heteroatoms. The molecule has 2 N–H and O–H groups in total. The summed E-state index contributed by atoms with van der Waals surface area (Å²) in [4.78, 5) is 10.9. The molecule has 0 aliphatic carbocycles. The first-order chi connectivity index (χ1) is 8.97. The number of hydrogen-bond donors (Lipinski definition) is 1. The first-order valence-electron chi connectivity index (χ1n) is 7.07. The maximum atomic E-state index is 10.9. The van der Waals surface area contributed by atoms with Crippen molar-refractivity contribution in [1.82, 2.24) is 0 Å². The number of hydrogen-bond acceptors (Lipinski definition) is 5. The predicted octanol–water partition coefficient (Wildman–Crippen LogP) is 1.55. The lowest BCUT2D eigenvalue weighted by Crippen LogP contribution is -2.48.